The first-order valence-corrected chi connectivity index (χ1v) is 23.9. The molecule has 65 heavy (non-hydrogen) atoms. The van der Waals surface area contributed by atoms with Crippen LogP contribution >= 0.6 is 11.6 Å². The fourth-order valence-corrected chi connectivity index (χ4v) is 11.6. The largest absolute Gasteiger partial charge is 0.455 e. The van der Waals surface area contributed by atoms with Crippen molar-refractivity contribution in [2.24, 2.45) is 11.3 Å². The molecule has 1 saturated carbocycles. The smallest absolute Gasteiger partial charge is 0.401 e. The molecule has 0 radical (unpaired) electrons. The number of hydrogen-bond donors (Lipinski definition) is 3. The highest BCUT2D eigenvalue weighted by Crippen LogP contribution is 2.53. The summed E-state index contributed by atoms with van der Waals surface area (Å²) in [6.45, 7) is 3.20. The van der Waals surface area contributed by atoms with Crippen molar-refractivity contribution in [1.82, 2.24) is 24.5 Å². The van der Waals surface area contributed by atoms with Crippen LogP contribution in [-0.4, -0.2) is 97.6 Å². The lowest BCUT2D eigenvalue weighted by Gasteiger charge is -2.52. The van der Waals surface area contributed by atoms with E-state index >= 15 is 0 Å². The number of alkyl halides is 3. The number of carbonyl (C=O) groups excluding carboxylic acids is 1. The van der Waals surface area contributed by atoms with Crippen LogP contribution in [0.25, 0.3) is 11.0 Å². The molecular weight excluding hydrogens is 885 g/mol. The first-order chi connectivity index (χ1) is 31.1. The number of nitrogens with zero attached hydrogens (tertiary/aromatic N) is 5. The molecule has 2 aliphatic carbocycles. The summed E-state index contributed by atoms with van der Waals surface area (Å²) in [5.41, 5.74) is 3.48. The summed E-state index contributed by atoms with van der Waals surface area (Å²) in [5.74, 6) is -0.421. The molecule has 14 nitrogen and oxygen atoms in total. The average Bonchev–Trinajstić information content (AvgIpc) is 3.62. The van der Waals surface area contributed by atoms with Crippen molar-refractivity contribution >= 4 is 55.6 Å². The van der Waals surface area contributed by atoms with E-state index in [1.54, 1.807) is 24.4 Å². The SMILES string of the molecule is O=C(NS(=O)(=O)c1ccc(NCC2CC3(CCN(CC(F)(F)F)CC3)C2)c([N+](=O)[O-])c1)c1ccc(N2CCN([C@@H]3CCCCc4c(Cl)cccc43)CC2)cc1Oc1cnc2[nH]ccc2c1. The second-order valence-corrected chi connectivity index (χ2v) is 20.0. The molecule has 3 N–H and O–H groups in total. The summed E-state index contributed by atoms with van der Waals surface area (Å²) in [4.78, 5) is 38.6. The topological polar surface area (TPSA) is 166 Å². The Morgan fingerprint density at radius 2 is 1.78 bits per heavy atom. The Bertz CT molecular complexity index is 2690. The minimum absolute atomic E-state index is 0.0260. The van der Waals surface area contributed by atoms with Crippen LogP contribution in [0.2, 0.25) is 5.02 Å². The fraction of sp³-hybridized carbons (Fsp3) is 0.435. The molecule has 0 unspecified atom stereocenters. The Kier molecular flexibility index (Phi) is 12.5. The number of likely N-dealkylation sites (tertiary alicyclic amines) is 1. The van der Waals surface area contributed by atoms with Gasteiger partial charge in [-0.25, -0.2) is 18.1 Å². The molecule has 4 heterocycles. The van der Waals surface area contributed by atoms with Gasteiger partial charge < -0.3 is 19.9 Å². The van der Waals surface area contributed by atoms with E-state index in [0.29, 0.717) is 57.0 Å². The number of amides is 1. The van der Waals surface area contributed by atoms with E-state index in [-0.39, 0.29) is 34.4 Å². The number of benzene rings is 3. The molecule has 2 aliphatic heterocycles. The third-order valence-electron chi connectivity index (χ3n) is 13.6. The number of nitro benzene ring substituents is 1. The van der Waals surface area contributed by atoms with Crippen molar-refractivity contribution in [3.63, 3.8) is 0 Å². The summed E-state index contributed by atoms with van der Waals surface area (Å²) in [7, 11) is -4.63. The number of ether oxygens (including phenoxy) is 1. The van der Waals surface area contributed by atoms with Gasteiger partial charge in [-0.3, -0.25) is 24.7 Å². The zero-order chi connectivity index (χ0) is 45.5. The van der Waals surface area contributed by atoms with Gasteiger partial charge in [-0.1, -0.05) is 30.2 Å². The maximum Gasteiger partial charge on any atom is 0.401 e. The predicted molar refractivity (Wildman–Crippen MR) is 241 cm³/mol. The van der Waals surface area contributed by atoms with Crippen LogP contribution in [0.4, 0.5) is 30.2 Å². The molecule has 1 atom stereocenters. The van der Waals surface area contributed by atoms with Gasteiger partial charge in [-0.15, -0.1) is 0 Å². The van der Waals surface area contributed by atoms with E-state index in [1.807, 2.05) is 18.2 Å². The highest BCUT2D eigenvalue weighted by atomic mass is 35.5. The minimum atomic E-state index is -4.63. The van der Waals surface area contributed by atoms with Crippen LogP contribution in [0.5, 0.6) is 11.5 Å². The fourth-order valence-electron chi connectivity index (χ4n) is 10.3. The van der Waals surface area contributed by atoms with Crippen molar-refractivity contribution in [3.8, 4) is 11.5 Å². The van der Waals surface area contributed by atoms with Gasteiger partial charge in [-0.2, -0.15) is 13.2 Å². The first kappa shape index (κ1) is 44.8. The molecule has 9 rings (SSSR count). The molecule has 4 aliphatic rings. The van der Waals surface area contributed by atoms with E-state index in [9.17, 15) is 36.5 Å². The second kappa shape index (κ2) is 18.1. The van der Waals surface area contributed by atoms with Gasteiger partial charge in [0.15, 0.2) is 0 Å². The highest BCUT2D eigenvalue weighted by Gasteiger charge is 2.46. The number of piperazine rings is 1. The molecule has 5 aromatic rings. The van der Waals surface area contributed by atoms with Gasteiger partial charge in [0.25, 0.3) is 21.6 Å². The molecule has 3 aromatic carbocycles. The number of sulfonamides is 1. The Morgan fingerprint density at radius 1 is 1.00 bits per heavy atom. The number of nitro groups is 1. The van der Waals surface area contributed by atoms with Crippen molar-refractivity contribution in [1.29, 1.82) is 0 Å². The molecule has 3 fully saturated rings. The molecule has 2 saturated heterocycles. The van der Waals surface area contributed by atoms with Crippen molar-refractivity contribution < 1.29 is 36.0 Å². The Labute approximate surface area is 379 Å². The van der Waals surface area contributed by atoms with Crippen molar-refractivity contribution in [2.75, 3.05) is 62.6 Å². The second-order valence-electron chi connectivity index (χ2n) is 17.9. The molecule has 344 valence electrons. The lowest BCUT2D eigenvalue weighted by atomic mass is 9.57. The minimum Gasteiger partial charge on any atom is -0.455 e. The van der Waals surface area contributed by atoms with Crippen LogP contribution in [-0.2, 0) is 16.4 Å². The zero-order valence-corrected chi connectivity index (χ0v) is 37.2. The summed E-state index contributed by atoms with van der Waals surface area (Å²) >= 11 is 6.65. The van der Waals surface area contributed by atoms with Gasteiger partial charge in [0.1, 0.15) is 22.8 Å². The molecule has 1 amide bonds. The Morgan fingerprint density at radius 3 is 2.54 bits per heavy atom. The predicted octanol–water partition coefficient (Wildman–Crippen LogP) is 9.09. The van der Waals surface area contributed by atoms with E-state index in [2.05, 4.69) is 35.9 Å². The maximum absolute atomic E-state index is 14.0. The monoisotopic (exact) mass is 934 g/mol. The van der Waals surface area contributed by atoms with Gasteiger partial charge in [-0.05, 0) is 123 Å². The lowest BCUT2D eigenvalue weighted by Crippen LogP contribution is -2.50. The molecule has 2 aromatic heterocycles. The van der Waals surface area contributed by atoms with Crippen LogP contribution in [0.15, 0.2) is 84.0 Å². The Balaban J connectivity index is 0.884. The lowest BCUT2D eigenvalue weighted by molar-refractivity contribution is -0.384. The number of nitrogens with one attached hydrogen (secondary N) is 3. The quantitative estimate of drug-likeness (QED) is 0.0621. The van der Waals surface area contributed by atoms with E-state index in [4.69, 9.17) is 16.3 Å². The van der Waals surface area contributed by atoms with E-state index in [0.717, 1.165) is 73.8 Å². The number of pyridine rings is 1. The number of hydrogen-bond acceptors (Lipinski definition) is 11. The normalized spacial score (nSPS) is 19.6. The highest BCUT2D eigenvalue weighted by molar-refractivity contribution is 7.90. The third kappa shape index (κ3) is 9.90. The number of H-pyrrole nitrogens is 1. The maximum atomic E-state index is 14.0. The number of halogens is 4. The average molecular weight is 935 g/mol. The number of fused-ring (bicyclic) bond motifs is 2. The van der Waals surface area contributed by atoms with E-state index in [1.165, 1.54) is 40.4 Å². The molecule has 0 bridgehead atoms. The van der Waals surface area contributed by atoms with Gasteiger partial charge in [0.05, 0.1) is 28.1 Å². The summed E-state index contributed by atoms with van der Waals surface area (Å²) in [5, 5.41) is 16.9. The van der Waals surface area contributed by atoms with Gasteiger partial charge >= 0.3 is 6.18 Å². The number of carbonyl (C=O) groups is 1. The molecule has 1 spiro atoms. The number of aromatic nitrogens is 2. The number of rotatable bonds is 12. The van der Waals surface area contributed by atoms with Crippen LogP contribution in [0, 0.1) is 21.4 Å². The van der Waals surface area contributed by atoms with Gasteiger partial charge in [0.2, 0.25) is 0 Å². The molecular formula is C46H50ClF3N8O6S. The van der Waals surface area contributed by atoms with E-state index < -0.39 is 44.2 Å². The zero-order valence-electron chi connectivity index (χ0n) is 35.6. The van der Waals surface area contributed by atoms with Gasteiger partial charge in [0, 0.05) is 73.2 Å². The summed E-state index contributed by atoms with van der Waals surface area (Å²) < 4.78 is 74.5. The number of piperidine rings is 1. The third-order valence-corrected chi connectivity index (χ3v) is 15.3. The summed E-state index contributed by atoms with van der Waals surface area (Å²) in [6, 6.07) is 18.4. The standard InChI is InChI=1S/C46H50ClF3N8O6S/c47-38-6-3-5-36-35(38)4-1-2-7-40(36)57-20-18-56(19-21-57)32-8-10-37(42(23-32)64-33-22-31-12-15-51-43(31)53-28-33)44(59)54-65(62,63)34-9-11-39(41(24-34)58(60)61)52-27-30-25-45(26-30)13-16-55(17-14-45)29-46(48,49)50/h3,5-6,8-12,15,22-24,28,30,40,52H,1-2,4,7,13-14,16-21,25-27,29H2,(H,51,53)(H,54,59)/t40-/m1/s1. The Hall–Kier alpha value is -5.43. The number of aromatic amines is 1. The molecule has 19 heteroatoms. The first-order valence-electron chi connectivity index (χ1n) is 22.0. The number of anilines is 2. The van der Waals surface area contributed by atoms with Crippen molar-refractivity contribution in [2.45, 2.75) is 68.5 Å². The summed E-state index contributed by atoms with van der Waals surface area (Å²) in [6.07, 6.45) is 6.16. The van der Waals surface area contributed by atoms with Crippen LogP contribution < -0.4 is 19.7 Å². The van der Waals surface area contributed by atoms with Crippen LogP contribution in [0.3, 0.4) is 0 Å². The van der Waals surface area contributed by atoms with Crippen LogP contribution in [0.1, 0.15) is 72.5 Å². The van der Waals surface area contributed by atoms with Crippen molar-refractivity contribution in [3.05, 3.63) is 111 Å².